The maximum atomic E-state index is 9.01. The van der Waals surface area contributed by atoms with Gasteiger partial charge in [-0.1, -0.05) is 19.9 Å². The first-order valence-corrected chi connectivity index (χ1v) is 5.82. The molecule has 0 aliphatic rings. The van der Waals surface area contributed by atoms with Crippen LogP contribution in [0.2, 0.25) is 0 Å². The number of methoxy groups -OCH3 is 1. The Kier molecular flexibility index (Phi) is 4.99. The minimum absolute atomic E-state index is 0.600. The summed E-state index contributed by atoms with van der Waals surface area (Å²) in [5.41, 5.74) is 1.74. The largest absolute Gasteiger partial charge is 0.495 e. The zero-order chi connectivity index (χ0) is 12.8. The Morgan fingerprint density at radius 1 is 1.41 bits per heavy atom. The fraction of sp³-hybridized carbons (Fsp3) is 0.500. The lowest BCUT2D eigenvalue weighted by Crippen LogP contribution is -2.22. The summed E-state index contributed by atoms with van der Waals surface area (Å²) in [7, 11) is 3.68. The van der Waals surface area contributed by atoms with Crippen molar-refractivity contribution >= 4 is 0 Å². The van der Waals surface area contributed by atoms with Gasteiger partial charge in [-0.3, -0.25) is 0 Å². The van der Waals surface area contributed by atoms with E-state index in [1.54, 1.807) is 7.11 Å². The molecule has 1 rings (SSSR count). The molecule has 0 N–H and O–H groups in total. The normalized spacial score (nSPS) is 10.6. The summed E-state index contributed by atoms with van der Waals surface area (Å²) in [6, 6.07) is 7.92. The molecule has 0 saturated heterocycles. The minimum Gasteiger partial charge on any atom is -0.495 e. The van der Waals surface area contributed by atoms with Gasteiger partial charge in [0, 0.05) is 13.1 Å². The fourth-order valence-corrected chi connectivity index (χ4v) is 1.94. The molecule has 0 heterocycles. The zero-order valence-electron chi connectivity index (χ0n) is 11.0. The molecule has 0 radical (unpaired) electrons. The molecule has 0 aliphatic heterocycles. The van der Waals surface area contributed by atoms with Crippen LogP contribution in [0.3, 0.4) is 0 Å². The fourth-order valence-electron chi connectivity index (χ4n) is 1.94. The van der Waals surface area contributed by atoms with E-state index in [1.165, 1.54) is 0 Å². The maximum Gasteiger partial charge on any atom is 0.136 e. The van der Waals surface area contributed by atoms with Crippen molar-refractivity contribution in [1.82, 2.24) is 4.90 Å². The average Bonchev–Trinajstić information content (AvgIpc) is 2.27. The van der Waals surface area contributed by atoms with E-state index in [1.807, 2.05) is 18.2 Å². The van der Waals surface area contributed by atoms with E-state index in [2.05, 4.69) is 31.9 Å². The van der Waals surface area contributed by atoms with Crippen LogP contribution in [-0.4, -0.2) is 25.6 Å². The van der Waals surface area contributed by atoms with E-state index in [9.17, 15) is 0 Å². The number of nitriles is 1. The van der Waals surface area contributed by atoms with Gasteiger partial charge in [0.05, 0.1) is 12.7 Å². The quantitative estimate of drug-likeness (QED) is 0.783. The van der Waals surface area contributed by atoms with Crippen molar-refractivity contribution in [3.8, 4) is 11.8 Å². The molecule has 0 aromatic heterocycles. The first kappa shape index (κ1) is 13.5. The molecule has 0 fully saturated rings. The first-order valence-electron chi connectivity index (χ1n) is 5.82. The van der Waals surface area contributed by atoms with Gasteiger partial charge in [0.25, 0.3) is 0 Å². The Balaban J connectivity index is 2.76. The van der Waals surface area contributed by atoms with E-state index in [0.29, 0.717) is 17.2 Å². The summed E-state index contributed by atoms with van der Waals surface area (Å²) < 4.78 is 5.12. The van der Waals surface area contributed by atoms with Gasteiger partial charge >= 0.3 is 0 Å². The molecule has 0 aliphatic carbocycles. The average molecular weight is 232 g/mol. The van der Waals surface area contributed by atoms with Gasteiger partial charge in [-0.2, -0.15) is 5.26 Å². The molecule has 0 saturated carbocycles. The van der Waals surface area contributed by atoms with Crippen molar-refractivity contribution < 1.29 is 4.74 Å². The van der Waals surface area contributed by atoms with Crippen LogP contribution in [0.25, 0.3) is 0 Å². The number of hydrogen-bond acceptors (Lipinski definition) is 3. The molecule has 0 bridgehead atoms. The summed E-state index contributed by atoms with van der Waals surface area (Å²) >= 11 is 0. The molecule has 17 heavy (non-hydrogen) atoms. The second-order valence-corrected chi connectivity index (χ2v) is 4.74. The smallest absolute Gasteiger partial charge is 0.136 e. The highest BCUT2D eigenvalue weighted by molar-refractivity contribution is 5.45. The lowest BCUT2D eigenvalue weighted by Gasteiger charge is -2.19. The second-order valence-electron chi connectivity index (χ2n) is 4.74. The molecule has 1 aromatic carbocycles. The third kappa shape index (κ3) is 4.08. The van der Waals surface area contributed by atoms with E-state index in [4.69, 9.17) is 10.00 Å². The molecule has 0 spiro atoms. The molecule has 0 amide bonds. The van der Waals surface area contributed by atoms with Crippen LogP contribution in [0.5, 0.6) is 5.75 Å². The summed E-state index contributed by atoms with van der Waals surface area (Å²) in [4.78, 5) is 2.26. The number of nitrogens with zero attached hydrogens (tertiary/aromatic N) is 2. The highest BCUT2D eigenvalue weighted by atomic mass is 16.5. The van der Waals surface area contributed by atoms with Crippen LogP contribution >= 0.6 is 0 Å². The Labute approximate surface area is 104 Å². The van der Waals surface area contributed by atoms with Crippen molar-refractivity contribution in [3.05, 3.63) is 29.3 Å². The Morgan fingerprint density at radius 2 is 2.12 bits per heavy atom. The van der Waals surface area contributed by atoms with E-state index in [0.717, 1.165) is 18.7 Å². The third-order valence-corrected chi connectivity index (χ3v) is 2.51. The van der Waals surface area contributed by atoms with Crippen molar-refractivity contribution in [2.24, 2.45) is 5.92 Å². The lowest BCUT2D eigenvalue weighted by atomic mass is 10.1. The Hall–Kier alpha value is -1.53. The van der Waals surface area contributed by atoms with Crippen LogP contribution < -0.4 is 4.74 Å². The lowest BCUT2D eigenvalue weighted by molar-refractivity contribution is 0.288. The highest BCUT2D eigenvalue weighted by Gasteiger charge is 2.06. The molecular formula is C14H20N2O. The van der Waals surface area contributed by atoms with Gasteiger partial charge in [0.2, 0.25) is 0 Å². The van der Waals surface area contributed by atoms with Gasteiger partial charge in [-0.15, -0.1) is 0 Å². The molecule has 3 heteroatoms. The second kappa shape index (κ2) is 6.27. The summed E-state index contributed by atoms with van der Waals surface area (Å²) in [6.45, 7) is 6.31. The minimum atomic E-state index is 0.600. The van der Waals surface area contributed by atoms with Crippen LogP contribution in [0, 0.1) is 17.2 Å². The van der Waals surface area contributed by atoms with E-state index >= 15 is 0 Å². The predicted molar refractivity (Wildman–Crippen MR) is 68.9 cm³/mol. The summed E-state index contributed by atoms with van der Waals surface area (Å²) in [5.74, 6) is 1.29. The van der Waals surface area contributed by atoms with Gasteiger partial charge in [-0.05, 0) is 30.7 Å². The molecule has 3 nitrogen and oxygen atoms in total. The number of rotatable bonds is 5. The van der Waals surface area contributed by atoms with Crippen molar-refractivity contribution in [1.29, 1.82) is 5.26 Å². The van der Waals surface area contributed by atoms with Crippen LogP contribution in [0.15, 0.2) is 18.2 Å². The molecule has 0 unspecified atom stereocenters. The van der Waals surface area contributed by atoms with Crippen LogP contribution in [-0.2, 0) is 6.54 Å². The topological polar surface area (TPSA) is 36.3 Å². The van der Waals surface area contributed by atoms with Crippen molar-refractivity contribution in [2.75, 3.05) is 20.7 Å². The van der Waals surface area contributed by atoms with Crippen LogP contribution in [0.1, 0.15) is 25.0 Å². The van der Waals surface area contributed by atoms with Crippen molar-refractivity contribution in [3.63, 3.8) is 0 Å². The van der Waals surface area contributed by atoms with Gasteiger partial charge in [-0.25, -0.2) is 0 Å². The molecule has 92 valence electrons. The van der Waals surface area contributed by atoms with Gasteiger partial charge in [0.15, 0.2) is 0 Å². The van der Waals surface area contributed by atoms with E-state index in [-0.39, 0.29) is 0 Å². The zero-order valence-corrected chi connectivity index (χ0v) is 11.0. The monoisotopic (exact) mass is 232 g/mol. The number of ether oxygens (including phenoxy) is 1. The van der Waals surface area contributed by atoms with Crippen LogP contribution in [0.4, 0.5) is 0 Å². The SMILES string of the molecule is COc1ccc(CN(C)CC(C)C)cc1C#N. The Morgan fingerprint density at radius 3 is 2.65 bits per heavy atom. The first-order chi connectivity index (χ1) is 8.06. The molecule has 1 aromatic rings. The van der Waals surface area contributed by atoms with Crippen molar-refractivity contribution in [2.45, 2.75) is 20.4 Å². The summed E-state index contributed by atoms with van der Waals surface area (Å²) in [5, 5.41) is 9.01. The predicted octanol–water partition coefficient (Wildman–Crippen LogP) is 2.65. The van der Waals surface area contributed by atoms with Gasteiger partial charge in [0.1, 0.15) is 11.8 Å². The molecular weight excluding hydrogens is 212 g/mol. The third-order valence-electron chi connectivity index (χ3n) is 2.51. The van der Waals surface area contributed by atoms with Gasteiger partial charge < -0.3 is 9.64 Å². The number of hydrogen-bond donors (Lipinski definition) is 0. The molecule has 0 atom stereocenters. The highest BCUT2D eigenvalue weighted by Crippen LogP contribution is 2.19. The van der Waals surface area contributed by atoms with E-state index < -0.39 is 0 Å². The number of benzene rings is 1. The summed E-state index contributed by atoms with van der Waals surface area (Å²) in [6.07, 6.45) is 0. The Bertz CT molecular complexity index is 407. The standard InChI is InChI=1S/C14H20N2O/c1-11(2)9-16(3)10-12-5-6-14(17-4)13(7-12)8-15/h5-7,11H,9-10H2,1-4H3. The maximum absolute atomic E-state index is 9.01.